The highest BCUT2D eigenvalue weighted by Gasteiger charge is 2.30. The molecule has 1 aliphatic heterocycles. The van der Waals surface area contributed by atoms with E-state index in [2.05, 4.69) is 48.3 Å². The van der Waals surface area contributed by atoms with E-state index >= 15 is 0 Å². The molecule has 1 saturated heterocycles. The van der Waals surface area contributed by atoms with Gasteiger partial charge in [0.25, 0.3) is 0 Å². The molecule has 0 bridgehead atoms. The topological polar surface area (TPSA) is 33.1 Å². The summed E-state index contributed by atoms with van der Waals surface area (Å²) in [7, 11) is 2.02. The van der Waals surface area contributed by atoms with Crippen LogP contribution in [0.25, 0.3) is 10.9 Å². The van der Waals surface area contributed by atoms with Gasteiger partial charge in [0.05, 0.1) is 11.2 Å². The summed E-state index contributed by atoms with van der Waals surface area (Å²) in [5, 5.41) is 9.45. The summed E-state index contributed by atoms with van der Waals surface area (Å²) in [4.78, 5) is 2.53. The predicted octanol–water partition coefficient (Wildman–Crippen LogP) is 1.76. The Labute approximate surface area is 114 Å². The molecule has 0 amide bonds. The van der Waals surface area contributed by atoms with E-state index < -0.39 is 0 Å². The molecule has 0 saturated carbocycles. The van der Waals surface area contributed by atoms with Crippen molar-refractivity contribution in [2.75, 3.05) is 19.6 Å². The maximum absolute atomic E-state index is 4.70. The van der Waals surface area contributed by atoms with E-state index in [-0.39, 0.29) is 5.54 Å². The van der Waals surface area contributed by atoms with Crippen molar-refractivity contribution in [3.05, 3.63) is 30.0 Å². The molecular weight excluding hydrogens is 236 g/mol. The Morgan fingerprint density at radius 1 is 1.32 bits per heavy atom. The van der Waals surface area contributed by atoms with Crippen LogP contribution < -0.4 is 5.32 Å². The Bertz CT molecular complexity index is 585. The van der Waals surface area contributed by atoms with Crippen molar-refractivity contribution in [2.45, 2.75) is 25.9 Å². The van der Waals surface area contributed by atoms with Gasteiger partial charge in [0, 0.05) is 44.2 Å². The fourth-order valence-electron chi connectivity index (χ4n) is 2.90. The summed E-state index contributed by atoms with van der Waals surface area (Å²) in [5.41, 5.74) is 2.59. The van der Waals surface area contributed by atoms with Gasteiger partial charge in [0.1, 0.15) is 0 Å². The van der Waals surface area contributed by atoms with Crippen molar-refractivity contribution in [1.82, 2.24) is 20.0 Å². The molecule has 1 N–H and O–H groups in total. The zero-order chi connectivity index (χ0) is 13.5. The van der Waals surface area contributed by atoms with Gasteiger partial charge in [-0.05, 0) is 19.9 Å². The molecular formula is C15H22N4. The number of hydrogen-bond donors (Lipinski definition) is 1. The van der Waals surface area contributed by atoms with Crippen LogP contribution in [0.5, 0.6) is 0 Å². The molecule has 1 aromatic carbocycles. The van der Waals surface area contributed by atoms with Gasteiger partial charge in [-0.1, -0.05) is 18.2 Å². The highest BCUT2D eigenvalue weighted by molar-refractivity contribution is 5.81. The lowest BCUT2D eigenvalue weighted by Crippen LogP contribution is -2.57. The first-order valence-corrected chi connectivity index (χ1v) is 6.94. The number of hydrogen-bond acceptors (Lipinski definition) is 3. The van der Waals surface area contributed by atoms with Gasteiger partial charge < -0.3 is 5.32 Å². The van der Waals surface area contributed by atoms with Crippen LogP contribution in [0.15, 0.2) is 24.3 Å². The highest BCUT2D eigenvalue weighted by atomic mass is 15.3. The molecule has 0 unspecified atom stereocenters. The standard InChI is InChI=1S/C15H22N4/c1-15(2)11-16-8-9-19(15)10-13-12-6-4-5-7-14(12)18(3)17-13/h4-7,16H,8-11H2,1-3H3. The first kappa shape index (κ1) is 12.6. The number of aromatic nitrogens is 2. The fraction of sp³-hybridized carbons (Fsp3) is 0.533. The number of piperazine rings is 1. The van der Waals surface area contributed by atoms with Crippen molar-refractivity contribution in [2.24, 2.45) is 7.05 Å². The van der Waals surface area contributed by atoms with Crippen LogP contribution >= 0.6 is 0 Å². The average molecular weight is 258 g/mol. The van der Waals surface area contributed by atoms with Gasteiger partial charge in [-0.3, -0.25) is 9.58 Å². The summed E-state index contributed by atoms with van der Waals surface area (Å²) in [5.74, 6) is 0. The largest absolute Gasteiger partial charge is 0.314 e. The van der Waals surface area contributed by atoms with Crippen LogP contribution in [0.4, 0.5) is 0 Å². The van der Waals surface area contributed by atoms with Crippen molar-refractivity contribution in [1.29, 1.82) is 0 Å². The maximum Gasteiger partial charge on any atom is 0.0843 e. The third-order valence-corrected chi connectivity index (χ3v) is 4.15. The summed E-state index contributed by atoms with van der Waals surface area (Å²) in [6, 6.07) is 8.47. The second-order valence-electron chi connectivity index (χ2n) is 6.00. The molecule has 1 aromatic heterocycles. The Morgan fingerprint density at radius 2 is 2.11 bits per heavy atom. The molecule has 0 radical (unpaired) electrons. The van der Waals surface area contributed by atoms with Gasteiger partial charge >= 0.3 is 0 Å². The molecule has 2 heterocycles. The summed E-state index contributed by atoms with van der Waals surface area (Å²) >= 11 is 0. The van der Waals surface area contributed by atoms with Crippen molar-refractivity contribution >= 4 is 10.9 Å². The third kappa shape index (κ3) is 2.26. The second kappa shape index (κ2) is 4.62. The minimum absolute atomic E-state index is 0.191. The van der Waals surface area contributed by atoms with E-state index in [9.17, 15) is 0 Å². The lowest BCUT2D eigenvalue weighted by atomic mass is 9.99. The number of aryl methyl sites for hydroxylation is 1. The normalized spacial score (nSPS) is 19.9. The average Bonchev–Trinajstić information content (AvgIpc) is 2.70. The molecule has 1 aliphatic rings. The number of fused-ring (bicyclic) bond motifs is 1. The van der Waals surface area contributed by atoms with Gasteiger partial charge in [-0.2, -0.15) is 5.10 Å². The van der Waals surface area contributed by atoms with Crippen LogP contribution in [0.1, 0.15) is 19.5 Å². The first-order valence-electron chi connectivity index (χ1n) is 6.94. The summed E-state index contributed by atoms with van der Waals surface area (Å²) < 4.78 is 1.99. The number of benzene rings is 1. The van der Waals surface area contributed by atoms with Gasteiger partial charge in [0.15, 0.2) is 0 Å². The number of para-hydroxylation sites is 1. The Hall–Kier alpha value is -1.39. The summed E-state index contributed by atoms with van der Waals surface area (Å²) in [6.07, 6.45) is 0. The van der Waals surface area contributed by atoms with E-state index in [0.717, 1.165) is 26.2 Å². The molecule has 3 rings (SSSR count). The van der Waals surface area contributed by atoms with Crippen molar-refractivity contribution < 1.29 is 0 Å². The molecule has 102 valence electrons. The number of nitrogens with zero attached hydrogens (tertiary/aromatic N) is 3. The molecule has 0 aliphatic carbocycles. The Kier molecular flexibility index (Phi) is 3.07. The lowest BCUT2D eigenvalue weighted by Gasteiger charge is -2.42. The van der Waals surface area contributed by atoms with E-state index in [1.165, 1.54) is 16.6 Å². The lowest BCUT2D eigenvalue weighted by molar-refractivity contribution is 0.0816. The van der Waals surface area contributed by atoms with Crippen molar-refractivity contribution in [3.63, 3.8) is 0 Å². The van der Waals surface area contributed by atoms with E-state index in [4.69, 9.17) is 5.10 Å². The zero-order valence-electron chi connectivity index (χ0n) is 12.0. The van der Waals surface area contributed by atoms with Gasteiger partial charge in [0.2, 0.25) is 0 Å². The van der Waals surface area contributed by atoms with Crippen LogP contribution in [0.3, 0.4) is 0 Å². The molecule has 4 heteroatoms. The molecule has 0 atom stereocenters. The minimum Gasteiger partial charge on any atom is -0.314 e. The van der Waals surface area contributed by atoms with Gasteiger partial charge in [-0.25, -0.2) is 0 Å². The summed E-state index contributed by atoms with van der Waals surface area (Å²) in [6.45, 7) is 8.70. The van der Waals surface area contributed by atoms with Crippen LogP contribution in [0.2, 0.25) is 0 Å². The Balaban J connectivity index is 1.93. The van der Waals surface area contributed by atoms with Crippen LogP contribution in [-0.4, -0.2) is 39.9 Å². The maximum atomic E-state index is 4.70. The van der Waals surface area contributed by atoms with E-state index in [1.807, 2.05) is 11.7 Å². The monoisotopic (exact) mass is 258 g/mol. The molecule has 19 heavy (non-hydrogen) atoms. The first-order chi connectivity index (χ1) is 9.08. The predicted molar refractivity (Wildman–Crippen MR) is 78.1 cm³/mol. The molecule has 0 spiro atoms. The second-order valence-corrected chi connectivity index (χ2v) is 6.00. The molecule has 1 fully saturated rings. The van der Waals surface area contributed by atoms with E-state index in [1.54, 1.807) is 0 Å². The smallest absolute Gasteiger partial charge is 0.0843 e. The van der Waals surface area contributed by atoms with Crippen LogP contribution in [-0.2, 0) is 13.6 Å². The minimum atomic E-state index is 0.191. The number of nitrogens with one attached hydrogen (secondary N) is 1. The van der Waals surface area contributed by atoms with Gasteiger partial charge in [-0.15, -0.1) is 0 Å². The van der Waals surface area contributed by atoms with E-state index in [0.29, 0.717) is 0 Å². The quantitative estimate of drug-likeness (QED) is 0.891. The molecule has 2 aromatic rings. The van der Waals surface area contributed by atoms with Crippen molar-refractivity contribution in [3.8, 4) is 0 Å². The highest BCUT2D eigenvalue weighted by Crippen LogP contribution is 2.23. The van der Waals surface area contributed by atoms with Crippen LogP contribution in [0, 0.1) is 0 Å². The number of rotatable bonds is 2. The third-order valence-electron chi connectivity index (χ3n) is 4.15. The SMILES string of the molecule is Cn1nc(CN2CCNCC2(C)C)c2ccccc21. The zero-order valence-corrected chi connectivity index (χ0v) is 12.0. The Morgan fingerprint density at radius 3 is 2.89 bits per heavy atom. The fourth-order valence-corrected chi connectivity index (χ4v) is 2.90. The molecule has 4 nitrogen and oxygen atoms in total.